The van der Waals surface area contributed by atoms with Gasteiger partial charge in [-0.2, -0.15) is 0 Å². The van der Waals surface area contributed by atoms with Gasteiger partial charge in [-0.15, -0.1) is 0 Å². The van der Waals surface area contributed by atoms with Crippen molar-refractivity contribution in [3.8, 4) is 0 Å². The third kappa shape index (κ3) is 3.35. The zero-order valence-electron chi connectivity index (χ0n) is 11.7. The van der Waals surface area contributed by atoms with Crippen LogP contribution in [-0.4, -0.2) is 17.4 Å². The number of aldehydes is 1. The van der Waals surface area contributed by atoms with Gasteiger partial charge in [0.2, 0.25) is 0 Å². The molecule has 0 fully saturated rings. The first-order chi connectivity index (χ1) is 9.93. The van der Waals surface area contributed by atoms with Crippen LogP contribution >= 0.6 is 0 Å². The molecule has 0 bridgehead atoms. The number of aliphatic carboxylic acids is 1. The lowest BCUT2D eigenvalue weighted by atomic mass is 9.92. The molecule has 108 valence electrons. The van der Waals surface area contributed by atoms with Gasteiger partial charge in [0.15, 0.2) is 0 Å². The van der Waals surface area contributed by atoms with Gasteiger partial charge >= 0.3 is 5.97 Å². The van der Waals surface area contributed by atoms with E-state index in [1.165, 1.54) is 6.92 Å². The summed E-state index contributed by atoms with van der Waals surface area (Å²) in [5, 5.41) is 9.10. The summed E-state index contributed by atoms with van der Waals surface area (Å²) < 4.78 is 0. The maximum atomic E-state index is 11.1. The normalized spacial score (nSPS) is 13.4. The standard InChI is InChI=1S/C17H17NO3/c1-17(18,16(20)21)15-8-6-13(7-9-15)10-12-2-4-14(11-19)5-3-12/h2-9,11H,10,18H2,1H3,(H,20,21)/t17-/m0/s1. The van der Waals surface area contributed by atoms with Gasteiger partial charge in [0, 0.05) is 5.56 Å². The number of hydrogen-bond donors (Lipinski definition) is 2. The highest BCUT2D eigenvalue weighted by atomic mass is 16.4. The first-order valence-corrected chi connectivity index (χ1v) is 6.59. The summed E-state index contributed by atoms with van der Waals surface area (Å²) in [4.78, 5) is 21.7. The van der Waals surface area contributed by atoms with E-state index in [1.54, 1.807) is 24.3 Å². The Balaban J connectivity index is 2.15. The second-order valence-electron chi connectivity index (χ2n) is 5.24. The maximum absolute atomic E-state index is 11.1. The maximum Gasteiger partial charge on any atom is 0.328 e. The van der Waals surface area contributed by atoms with Crippen molar-refractivity contribution in [3.05, 3.63) is 70.8 Å². The van der Waals surface area contributed by atoms with Crippen molar-refractivity contribution in [2.45, 2.75) is 18.9 Å². The minimum absolute atomic E-state index is 0.565. The third-order valence-corrected chi connectivity index (χ3v) is 3.52. The third-order valence-electron chi connectivity index (χ3n) is 3.52. The first kappa shape index (κ1) is 14.9. The molecule has 0 aliphatic rings. The molecule has 0 aliphatic carbocycles. The van der Waals surface area contributed by atoms with Crippen molar-refractivity contribution in [1.82, 2.24) is 0 Å². The number of nitrogens with two attached hydrogens (primary N) is 1. The smallest absolute Gasteiger partial charge is 0.328 e. The molecule has 0 unspecified atom stereocenters. The number of rotatable bonds is 5. The predicted octanol–water partition coefficient (Wildman–Crippen LogP) is 2.35. The second-order valence-corrected chi connectivity index (χ2v) is 5.24. The molecule has 0 radical (unpaired) electrons. The van der Waals surface area contributed by atoms with Crippen LogP contribution in [0.3, 0.4) is 0 Å². The average Bonchev–Trinajstić information content (AvgIpc) is 2.48. The van der Waals surface area contributed by atoms with Gasteiger partial charge in [0.1, 0.15) is 11.8 Å². The molecule has 0 heterocycles. The molecule has 0 saturated carbocycles. The van der Waals surface area contributed by atoms with Crippen LogP contribution in [-0.2, 0) is 16.8 Å². The minimum atomic E-state index is -1.38. The fraction of sp³-hybridized carbons (Fsp3) is 0.176. The largest absolute Gasteiger partial charge is 0.480 e. The van der Waals surface area contributed by atoms with Crippen LogP contribution in [0.15, 0.2) is 48.5 Å². The molecule has 4 nitrogen and oxygen atoms in total. The Morgan fingerprint density at radius 3 is 2.00 bits per heavy atom. The van der Waals surface area contributed by atoms with Crippen LogP contribution in [0.25, 0.3) is 0 Å². The second kappa shape index (κ2) is 5.89. The molecule has 0 saturated heterocycles. The lowest BCUT2D eigenvalue weighted by Crippen LogP contribution is -2.41. The van der Waals surface area contributed by atoms with Gasteiger partial charge in [-0.1, -0.05) is 48.5 Å². The molecule has 0 aromatic heterocycles. The van der Waals surface area contributed by atoms with E-state index in [2.05, 4.69) is 0 Å². The monoisotopic (exact) mass is 283 g/mol. The summed E-state index contributed by atoms with van der Waals surface area (Å²) in [7, 11) is 0. The van der Waals surface area contributed by atoms with E-state index in [9.17, 15) is 9.59 Å². The van der Waals surface area contributed by atoms with Crippen LogP contribution < -0.4 is 5.73 Å². The quantitative estimate of drug-likeness (QED) is 0.825. The van der Waals surface area contributed by atoms with Crippen molar-refractivity contribution in [2.24, 2.45) is 5.73 Å². The van der Waals surface area contributed by atoms with Crippen LogP contribution in [0, 0.1) is 0 Å². The number of carbonyl (C=O) groups is 2. The molecule has 0 amide bonds. The van der Waals surface area contributed by atoms with Crippen molar-refractivity contribution < 1.29 is 14.7 Å². The van der Waals surface area contributed by atoms with Crippen LogP contribution in [0.2, 0.25) is 0 Å². The Morgan fingerprint density at radius 1 is 1.10 bits per heavy atom. The van der Waals surface area contributed by atoms with Crippen LogP contribution in [0.4, 0.5) is 0 Å². The Kier molecular flexibility index (Phi) is 4.19. The molecule has 2 aromatic carbocycles. The highest BCUT2D eigenvalue weighted by Gasteiger charge is 2.29. The van der Waals surface area contributed by atoms with Gasteiger partial charge in [0.05, 0.1) is 0 Å². The molecular formula is C17H17NO3. The summed E-state index contributed by atoms with van der Waals surface area (Å²) in [5.74, 6) is -1.06. The number of carbonyl (C=O) groups excluding carboxylic acids is 1. The van der Waals surface area contributed by atoms with Gasteiger partial charge < -0.3 is 10.8 Å². The van der Waals surface area contributed by atoms with Gasteiger partial charge in [0.25, 0.3) is 0 Å². The number of carboxylic acids is 1. The fourth-order valence-electron chi connectivity index (χ4n) is 2.04. The van der Waals surface area contributed by atoms with Crippen molar-refractivity contribution >= 4 is 12.3 Å². The summed E-state index contributed by atoms with van der Waals surface area (Å²) in [6.45, 7) is 1.47. The van der Waals surface area contributed by atoms with E-state index >= 15 is 0 Å². The molecule has 1 atom stereocenters. The SMILES string of the molecule is C[C@@](N)(C(=O)O)c1ccc(Cc2ccc(C=O)cc2)cc1. The molecular weight excluding hydrogens is 266 g/mol. The van der Waals surface area contributed by atoms with E-state index in [1.807, 2.05) is 24.3 Å². The summed E-state index contributed by atoms with van der Waals surface area (Å²) in [5.41, 5.74) is 7.75. The lowest BCUT2D eigenvalue weighted by molar-refractivity contribution is -0.143. The van der Waals surface area contributed by atoms with Gasteiger partial charge in [-0.05, 0) is 30.0 Å². The van der Waals surface area contributed by atoms with E-state index in [0.717, 1.165) is 17.4 Å². The zero-order valence-corrected chi connectivity index (χ0v) is 11.7. The molecule has 0 spiro atoms. The molecule has 0 aliphatic heterocycles. The van der Waals surface area contributed by atoms with E-state index in [4.69, 9.17) is 10.8 Å². The summed E-state index contributed by atoms with van der Waals surface area (Å²) >= 11 is 0. The Labute approximate surface area is 123 Å². The Hall–Kier alpha value is -2.46. The zero-order chi connectivity index (χ0) is 15.5. The van der Waals surface area contributed by atoms with Crippen LogP contribution in [0.5, 0.6) is 0 Å². The number of hydrogen-bond acceptors (Lipinski definition) is 3. The average molecular weight is 283 g/mol. The molecule has 21 heavy (non-hydrogen) atoms. The van der Waals surface area contributed by atoms with Gasteiger partial charge in [-0.25, -0.2) is 4.79 Å². The minimum Gasteiger partial charge on any atom is -0.480 e. The van der Waals surface area contributed by atoms with Crippen molar-refractivity contribution in [2.75, 3.05) is 0 Å². The van der Waals surface area contributed by atoms with Crippen molar-refractivity contribution in [3.63, 3.8) is 0 Å². The predicted molar refractivity (Wildman–Crippen MR) is 80.3 cm³/mol. The number of carboxylic acid groups (broad SMARTS) is 1. The first-order valence-electron chi connectivity index (χ1n) is 6.59. The van der Waals surface area contributed by atoms with E-state index in [-0.39, 0.29) is 0 Å². The molecule has 2 rings (SSSR count). The summed E-state index contributed by atoms with van der Waals surface area (Å²) in [6.07, 6.45) is 1.53. The van der Waals surface area contributed by atoms with Crippen molar-refractivity contribution in [1.29, 1.82) is 0 Å². The van der Waals surface area contributed by atoms with Gasteiger partial charge in [-0.3, -0.25) is 4.79 Å². The number of benzene rings is 2. The molecule has 2 aromatic rings. The topological polar surface area (TPSA) is 80.4 Å². The van der Waals surface area contributed by atoms with Crippen LogP contribution in [0.1, 0.15) is 34.0 Å². The Bertz CT molecular complexity index is 643. The Morgan fingerprint density at radius 2 is 1.57 bits per heavy atom. The van der Waals surface area contributed by atoms with E-state index < -0.39 is 11.5 Å². The fourth-order valence-corrected chi connectivity index (χ4v) is 2.04. The lowest BCUT2D eigenvalue weighted by Gasteiger charge is -2.19. The molecule has 4 heteroatoms. The highest BCUT2D eigenvalue weighted by molar-refractivity contribution is 5.79. The highest BCUT2D eigenvalue weighted by Crippen LogP contribution is 2.19. The molecule has 3 N–H and O–H groups in total. The summed E-state index contributed by atoms with van der Waals surface area (Å²) in [6, 6.07) is 14.6. The van der Waals surface area contributed by atoms with E-state index in [0.29, 0.717) is 17.5 Å².